The average molecular weight is 99.1 g/mol. The maximum Gasteiger partial charge on any atom is 0.0638 e. The SMILES string of the molecule is N#CC[C@H](N)CN. The second-order valence-corrected chi connectivity index (χ2v) is 1.36. The molecule has 0 saturated heterocycles. The minimum absolute atomic E-state index is 0.134. The predicted octanol–water partition coefficient (Wildman–Crippen LogP) is -0.814. The highest BCUT2D eigenvalue weighted by Crippen LogP contribution is 1.78. The number of nitriles is 1. The molecule has 7 heavy (non-hydrogen) atoms. The Morgan fingerprint density at radius 1 is 1.71 bits per heavy atom. The van der Waals surface area contributed by atoms with Gasteiger partial charge in [0.25, 0.3) is 0 Å². The maximum atomic E-state index is 7.98. The predicted molar refractivity (Wildman–Crippen MR) is 27.3 cm³/mol. The van der Waals surface area contributed by atoms with Crippen LogP contribution in [0.1, 0.15) is 6.42 Å². The molecule has 3 heteroatoms. The Morgan fingerprint density at radius 3 is 2.43 bits per heavy atom. The van der Waals surface area contributed by atoms with Crippen molar-refractivity contribution in [3.63, 3.8) is 0 Å². The van der Waals surface area contributed by atoms with Crippen molar-refractivity contribution in [2.45, 2.75) is 12.5 Å². The van der Waals surface area contributed by atoms with Crippen molar-refractivity contribution in [2.24, 2.45) is 11.5 Å². The van der Waals surface area contributed by atoms with E-state index in [1.807, 2.05) is 6.07 Å². The Hall–Kier alpha value is -0.590. The number of hydrogen-bond acceptors (Lipinski definition) is 3. The van der Waals surface area contributed by atoms with Gasteiger partial charge < -0.3 is 11.5 Å². The third kappa shape index (κ3) is 3.23. The number of nitrogens with zero attached hydrogens (tertiary/aromatic N) is 1. The minimum Gasteiger partial charge on any atom is -0.329 e. The van der Waals surface area contributed by atoms with Crippen LogP contribution in [0.5, 0.6) is 0 Å². The minimum atomic E-state index is -0.134. The Morgan fingerprint density at radius 2 is 2.29 bits per heavy atom. The maximum absolute atomic E-state index is 7.98. The highest BCUT2D eigenvalue weighted by molar-refractivity contribution is 4.77. The van der Waals surface area contributed by atoms with E-state index in [4.69, 9.17) is 16.7 Å². The second kappa shape index (κ2) is 3.59. The van der Waals surface area contributed by atoms with Crippen LogP contribution in [0.4, 0.5) is 0 Å². The summed E-state index contributed by atoms with van der Waals surface area (Å²) in [6, 6.07) is 1.78. The molecule has 0 aromatic carbocycles. The summed E-state index contributed by atoms with van der Waals surface area (Å²) in [4.78, 5) is 0. The standard InChI is InChI=1S/C4H9N3/c5-2-1-4(7)3-6/h4H,1,3,6-7H2/t4-/m0/s1. The van der Waals surface area contributed by atoms with Crippen LogP contribution in [-0.2, 0) is 0 Å². The first-order chi connectivity index (χ1) is 3.31. The van der Waals surface area contributed by atoms with E-state index in [1.54, 1.807) is 0 Å². The Balaban J connectivity index is 3.03. The van der Waals surface area contributed by atoms with E-state index in [2.05, 4.69) is 0 Å². The molecule has 0 radical (unpaired) electrons. The number of hydrogen-bond donors (Lipinski definition) is 2. The fraction of sp³-hybridized carbons (Fsp3) is 0.750. The van der Waals surface area contributed by atoms with Gasteiger partial charge in [0.1, 0.15) is 0 Å². The molecule has 0 aliphatic heterocycles. The molecule has 3 nitrogen and oxygen atoms in total. The van der Waals surface area contributed by atoms with Gasteiger partial charge in [-0.15, -0.1) is 0 Å². The van der Waals surface area contributed by atoms with Gasteiger partial charge in [-0.25, -0.2) is 0 Å². The van der Waals surface area contributed by atoms with Crippen molar-refractivity contribution >= 4 is 0 Å². The summed E-state index contributed by atoms with van der Waals surface area (Å²) in [6.45, 7) is 0.396. The molecule has 0 aromatic heterocycles. The van der Waals surface area contributed by atoms with Crippen LogP contribution in [0, 0.1) is 11.3 Å². The van der Waals surface area contributed by atoms with Crippen LogP contribution in [0.3, 0.4) is 0 Å². The molecule has 0 aromatic rings. The summed E-state index contributed by atoms with van der Waals surface area (Å²) in [7, 11) is 0. The Kier molecular flexibility index (Phi) is 3.29. The summed E-state index contributed by atoms with van der Waals surface area (Å²) in [5.41, 5.74) is 10.3. The van der Waals surface area contributed by atoms with Gasteiger partial charge >= 0.3 is 0 Å². The number of rotatable bonds is 2. The van der Waals surface area contributed by atoms with Gasteiger partial charge in [-0.05, 0) is 0 Å². The molecule has 0 amide bonds. The van der Waals surface area contributed by atoms with Crippen molar-refractivity contribution in [2.75, 3.05) is 6.54 Å². The molecule has 0 bridgehead atoms. The molecular formula is C4H9N3. The highest BCUT2D eigenvalue weighted by Gasteiger charge is 1.93. The molecule has 4 N–H and O–H groups in total. The molecule has 0 spiro atoms. The molecule has 0 fully saturated rings. The van der Waals surface area contributed by atoms with Crippen LogP contribution in [0.2, 0.25) is 0 Å². The lowest BCUT2D eigenvalue weighted by Crippen LogP contribution is -2.28. The first kappa shape index (κ1) is 6.41. The zero-order chi connectivity index (χ0) is 5.70. The Bertz CT molecular complexity index is 73.5. The van der Waals surface area contributed by atoms with Gasteiger partial charge in [0.05, 0.1) is 12.5 Å². The summed E-state index contributed by atoms with van der Waals surface area (Å²) in [5.74, 6) is 0. The Labute approximate surface area is 42.9 Å². The van der Waals surface area contributed by atoms with Crippen molar-refractivity contribution in [1.82, 2.24) is 0 Å². The third-order valence-corrected chi connectivity index (χ3v) is 0.656. The van der Waals surface area contributed by atoms with E-state index in [-0.39, 0.29) is 6.04 Å². The smallest absolute Gasteiger partial charge is 0.0638 e. The van der Waals surface area contributed by atoms with Crippen LogP contribution in [-0.4, -0.2) is 12.6 Å². The molecule has 1 atom stereocenters. The lowest BCUT2D eigenvalue weighted by molar-refractivity contribution is 0.699. The zero-order valence-electron chi connectivity index (χ0n) is 4.09. The van der Waals surface area contributed by atoms with Crippen molar-refractivity contribution in [3.05, 3.63) is 0 Å². The van der Waals surface area contributed by atoms with Crippen LogP contribution < -0.4 is 11.5 Å². The lowest BCUT2D eigenvalue weighted by Gasteiger charge is -1.97. The van der Waals surface area contributed by atoms with E-state index < -0.39 is 0 Å². The van der Waals surface area contributed by atoms with E-state index >= 15 is 0 Å². The lowest BCUT2D eigenvalue weighted by atomic mass is 10.2. The van der Waals surface area contributed by atoms with Gasteiger partial charge in [0.2, 0.25) is 0 Å². The summed E-state index contributed by atoms with van der Waals surface area (Å²) >= 11 is 0. The van der Waals surface area contributed by atoms with Crippen molar-refractivity contribution in [3.8, 4) is 6.07 Å². The van der Waals surface area contributed by atoms with Crippen molar-refractivity contribution < 1.29 is 0 Å². The second-order valence-electron chi connectivity index (χ2n) is 1.36. The van der Waals surface area contributed by atoms with E-state index in [9.17, 15) is 0 Å². The van der Waals surface area contributed by atoms with E-state index in [0.29, 0.717) is 13.0 Å². The van der Waals surface area contributed by atoms with Gasteiger partial charge in [-0.1, -0.05) is 0 Å². The molecule has 0 aliphatic rings. The van der Waals surface area contributed by atoms with Gasteiger partial charge in [0, 0.05) is 12.6 Å². The number of nitrogens with two attached hydrogens (primary N) is 2. The van der Waals surface area contributed by atoms with Crippen LogP contribution in [0.25, 0.3) is 0 Å². The normalized spacial score (nSPS) is 12.7. The van der Waals surface area contributed by atoms with Gasteiger partial charge in [-0.2, -0.15) is 5.26 Å². The first-order valence-electron chi connectivity index (χ1n) is 2.14. The zero-order valence-corrected chi connectivity index (χ0v) is 4.09. The summed E-state index contributed by atoms with van der Waals surface area (Å²) in [5, 5.41) is 7.98. The van der Waals surface area contributed by atoms with E-state index in [1.165, 1.54) is 0 Å². The first-order valence-corrected chi connectivity index (χ1v) is 2.14. The third-order valence-electron chi connectivity index (χ3n) is 0.656. The fourth-order valence-corrected chi connectivity index (χ4v) is 0.201. The molecule has 0 aliphatic carbocycles. The molecule has 0 saturated carbocycles. The largest absolute Gasteiger partial charge is 0.329 e. The summed E-state index contributed by atoms with van der Waals surface area (Å²) < 4.78 is 0. The molecular weight excluding hydrogens is 90.1 g/mol. The van der Waals surface area contributed by atoms with Crippen molar-refractivity contribution in [1.29, 1.82) is 5.26 Å². The summed E-state index contributed by atoms with van der Waals surface area (Å²) in [6.07, 6.45) is 0.358. The van der Waals surface area contributed by atoms with E-state index in [0.717, 1.165) is 0 Å². The molecule has 0 unspecified atom stereocenters. The van der Waals surface area contributed by atoms with Gasteiger partial charge in [0.15, 0.2) is 0 Å². The van der Waals surface area contributed by atoms with Crippen LogP contribution in [0.15, 0.2) is 0 Å². The van der Waals surface area contributed by atoms with Crippen LogP contribution >= 0.6 is 0 Å². The monoisotopic (exact) mass is 99.1 g/mol. The van der Waals surface area contributed by atoms with Gasteiger partial charge in [-0.3, -0.25) is 0 Å². The fourth-order valence-electron chi connectivity index (χ4n) is 0.201. The topological polar surface area (TPSA) is 75.8 Å². The molecule has 0 rings (SSSR count). The highest BCUT2D eigenvalue weighted by atomic mass is 14.7. The average Bonchev–Trinajstić information content (AvgIpc) is 1.68. The molecule has 40 valence electrons. The quantitative estimate of drug-likeness (QED) is 0.475. The molecule has 0 heterocycles.